The molecular weight excluding hydrogens is 363 g/mol. The van der Waals surface area contributed by atoms with Crippen LogP contribution in [0.25, 0.3) is 0 Å². The van der Waals surface area contributed by atoms with E-state index in [4.69, 9.17) is 16.3 Å². The van der Waals surface area contributed by atoms with E-state index in [1.165, 1.54) is 24.3 Å². The van der Waals surface area contributed by atoms with E-state index in [-0.39, 0.29) is 12.8 Å². The van der Waals surface area contributed by atoms with Gasteiger partial charge in [0.15, 0.2) is 6.61 Å². The van der Waals surface area contributed by atoms with Crippen LogP contribution in [-0.2, 0) is 19.1 Å². The molecule has 0 saturated carbocycles. The fourth-order valence-corrected chi connectivity index (χ4v) is 2.05. The summed E-state index contributed by atoms with van der Waals surface area (Å²) in [4.78, 5) is 35.0. The summed E-state index contributed by atoms with van der Waals surface area (Å²) in [6.45, 7) is -0.457. The Morgan fingerprint density at radius 1 is 0.846 bits per heavy atom. The van der Waals surface area contributed by atoms with Crippen molar-refractivity contribution < 1.29 is 23.5 Å². The number of amides is 2. The Labute approximate surface area is 154 Å². The third-order valence-corrected chi connectivity index (χ3v) is 3.43. The van der Waals surface area contributed by atoms with Crippen molar-refractivity contribution in [3.63, 3.8) is 0 Å². The van der Waals surface area contributed by atoms with Gasteiger partial charge in [0.2, 0.25) is 5.91 Å². The van der Waals surface area contributed by atoms with Crippen LogP contribution in [0.1, 0.15) is 12.8 Å². The number of hydrogen-bond acceptors (Lipinski definition) is 4. The summed E-state index contributed by atoms with van der Waals surface area (Å²) in [6, 6.07) is 11.7. The van der Waals surface area contributed by atoms with Crippen molar-refractivity contribution in [2.45, 2.75) is 12.8 Å². The van der Waals surface area contributed by atoms with Crippen molar-refractivity contribution in [2.75, 3.05) is 17.2 Å². The van der Waals surface area contributed by atoms with Crippen LogP contribution < -0.4 is 10.6 Å². The lowest BCUT2D eigenvalue weighted by molar-refractivity contribution is -0.147. The highest BCUT2D eigenvalue weighted by Crippen LogP contribution is 2.13. The topological polar surface area (TPSA) is 84.5 Å². The van der Waals surface area contributed by atoms with Crippen LogP contribution in [0.15, 0.2) is 48.5 Å². The number of carbonyl (C=O) groups excluding carboxylic acids is 3. The monoisotopic (exact) mass is 378 g/mol. The molecule has 6 nitrogen and oxygen atoms in total. The molecule has 26 heavy (non-hydrogen) atoms. The second-order valence-corrected chi connectivity index (χ2v) is 5.71. The van der Waals surface area contributed by atoms with Crippen molar-refractivity contribution in [3.05, 3.63) is 59.4 Å². The molecule has 0 aliphatic heterocycles. The smallest absolute Gasteiger partial charge is 0.306 e. The maximum absolute atomic E-state index is 12.8. The Hall–Kier alpha value is -2.93. The number of esters is 1. The van der Waals surface area contributed by atoms with Gasteiger partial charge in [-0.25, -0.2) is 4.39 Å². The summed E-state index contributed by atoms with van der Waals surface area (Å²) in [6.07, 6.45) is -0.295. The fourth-order valence-electron chi connectivity index (χ4n) is 1.92. The van der Waals surface area contributed by atoms with Crippen LogP contribution in [0.2, 0.25) is 5.02 Å². The van der Waals surface area contributed by atoms with E-state index in [1.54, 1.807) is 24.3 Å². The van der Waals surface area contributed by atoms with E-state index in [0.29, 0.717) is 16.4 Å². The molecule has 0 atom stereocenters. The zero-order valence-electron chi connectivity index (χ0n) is 13.6. The lowest BCUT2D eigenvalue weighted by Gasteiger charge is -2.07. The standard InChI is InChI=1S/C18H16ClFN2O4/c19-12-1-5-14(6-2-12)22-17(24)11-26-18(25)10-9-16(23)21-15-7-3-13(20)4-8-15/h1-8H,9-11H2,(H,21,23)(H,22,24). The summed E-state index contributed by atoms with van der Waals surface area (Å²) in [5, 5.41) is 5.60. The third-order valence-electron chi connectivity index (χ3n) is 3.18. The molecule has 2 aromatic carbocycles. The Bertz CT molecular complexity index is 713. The van der Waals surface area contributed by atoms with Crippen molar-refractivity contribution >= 4 is 40.8 Å². The Balaban J connectivity index is 1.66. The molecule has 0 radical (unpaired) electrons. The number of hydrogen-bond donors (Lipinski definition) is 2. The van der Waals surface area contributed by atoms with Gasteiger partial charge in [-0.15, -0.1) is 0 Å². The second kappa shape index (κ2) is 9.53. The summed E-state index contributed by atoms with van der Waals surface area (Å²) in [5.41, 5.74) is 0.946. The van der Waals surface area contributed by atoms with Crippen LogP contribution in [-0.4, -0.2) is 24.4 Å². The Kier molecular flexibility index (Phi) is 7.11. The highest BCUT2D eigenvalue weighted by molar-refractivity contribution is 6.30. The van der Waals surface area contributed by atoms with Gasteiger partial charge in [-0.1, -0.05) is 11.6 Å². The number of benzene rings is 2. The summed E-state index contributed by atoms with van der Waals surface area (Å²) in [7, 11) is 0. The minimum absolute atomic E-state index is 0.116. The van der Waals surface area contributed by atoms with Crippen molar-refractivity contribution in [1.29, 1.82) is 0 Å². The largest absolute Gasteiger partial charge is 0.456 e. The highest BCUT2D eigenvalue weighted by Gasteiger charge is 2.11. The number of rotatable bonds is 7. The van der Waals surface area contributed by atoms with E-state index in [2.05, 4.69) is 10.6 Å². The summed E-state index contributed by atoms with van der Waals surface area (Å²) in [5.74, 6) is -2.01. The molecule has 2 rings (SSSR count). The first-order chi connectivity index (χ1) is 12.4. The quantitative estimate of drug-likeness (QED) is 0.723. The van der Waals surface area contributed by atoms with Crippen LogP contribution in [0.4, 0.5) is 15.8 Å². The van der Waals surface area contributed by atoms with Gasteiger partial charge in [-0.2, -0.15) is 0 Å². The van der Waals surface area contributed by atoms with Gasteiger partial charge in [0.05, 0.1) is 6.42 Å². The van der Waals surface area contributed by atoms with Gasteiger partial charge in [0.25, 0.3) is 5.91 Å². The number of ether oxygens (including phenoxy) is 1. The minimum atomic E-state index is -0.675. The van der Waals surface area contributed by atoms with Crippen LogP contribution in [0.3, 0.4) is 0 Å². The molecule has 0 fully saturated rings. The Morgan fingerprint density at radius 2 is 1.38 bits per heavy atom. The van der Waals surface area contributed by atoms with Crippen molar-refractivity contribution in [1.82, 2.24) is 0 Å². The van der Waals surface area contributed by atoms with Crippen molar-refractivity contribution in [2.24, 2.45) is 0 Å². The molecule has 2 N–H and O–H groups in total. The molecule has 0 aliphatic rings. The second-order valence-electron chi connectivity index (χ2n) is 5.27. The molecule has 0 heterocycles. The molecule has 136 valence electrons. The van der Waals surface area contributed by atoms with Gasteiger partial charge in [0.1, 0.15) is 5.82 Å². The van der Waals surface area contributed by atoms with Gasteiger partial charge in [-0.05, 0) is 48.5 Å². The van der Waals surface area contributed by atoms with E-state index >= 15 is 0 Å². The molecule has 0 aromatic heterocycles. The summed E-state index contributed by atoms with van der Waals surface area (Å²) < 4.78 is 17.6. The maximum Gasteiger partial charge on any atom is 0.306 e. The predicted octanol–water partition coefficient (Wildman–Crippen LogP) is 3.38. The van der Waals surface area contributed by atoms with Crippen LogP contribution in [0, 0.1) is 5.82 Å². The average molecular weight is 379 g/mol. The highest BCUT2D eigenvalue weighted by atomic mass is 35.5. The number of carbonyl (C=O) groups is 3. The average Bonchev–Trinajstić information content (AvgIpc) is 2.62. The molecule has 0 aliphatic carbocycles. The van der Waals surface area contributed by atoms with Crippen LogP contribution >= 0.6 is 11.6 Å². The molecule has 0 bridgehead atoms. The molecule has 8 heteroatoms. The molecule has 0 spiro atoms. The first-order valence-corrected chi connectivity index (χ1v) is 8.06. The van der Waals surface area contributed by atoms with E-state index < -0.39 is 30.2 Å². The zero-order chi connectivity index (χ0) is 18.9. The third kappa shape index (κ3) is 6.90. The van der Waals surface area contributed by atoms with Crippen molar-refractivity contribution in [3.8, 4) is 0 Å². The molecule has 2 amide bonds. The zero-order valence-corrected chi connectivity index (χ0v) is 14.4. The van der Waals surface area contributed by atoms with Gasteiger partial charge < -0.3 is 15.4 Å². The lowest BCUT2D eigenvalue weighted by Crippen LogP contribution is -2.21. The first kappa shape index (κ1) is 19.4. The van der Waals surface area contributed by atoms with Gasteiger partial charge in [0, 0.05) is 22.8 Å². The molecule has 0 unspecified atom stereocenters. The fraction of sp³-hybridized carbons (Fsp3) is 0.167. The van der Waals surface area contributed by atoms with Gasteiger partial charge in [-0.3, -0.25) is 14.4 Å². The van der Waals surface area contributed by atoms with Gasteiger partial charge >= 0.3 is 5.97 Å². The molecular formula is C18H16ClFN2O4. The van der Waals surface area contributed by atoms with E-state index in [1.807, 2.05) is 0 Å². The normalized spacial score (nSPS) is 10.1. The first-order valence-electron chi connectivity index (χ1n) is 7.69. The maximum atomic E-state index is 12.8. The lowest BCUT2D eigenvalue weighted by atomic mass is 10.2. The molecule has 0 saturated heterocycles. The SMILES string of the molecule is O=C(CCC(=O)OCC(=O)Nc1ccc(Cl)cc1)Nc1ccc(F)cc1. The van der Waals surface area contributed by atoms with E-state index in [0.717, 1.165) is 0 Å². The molecule has 2 aromatic rings. The summed E-state index contributed by atoms with van der Waals surface area (Å²) >= 11 is 5.74. The minimum Gasteiger partial charge on any atom is -0.456 e. The van der Waals surface area contributed by atoms with Crippen LogP contribution in [0.5, 0.6) is 0 Å². The predicted molar refractivity (Wildman–Crippen MR) is 95.3 cm³/mol. The Morgan fingerprint density at radius 3 is 2.00 bits per heavy atom. The number of nitrogens with one attached hydrogen (secondary N) is 2. The number of anilines is 2. The number of halogens is 2. The van der Waals surface area contributed by atoms with E-state index in [9.17, 15) is 18.8 Å².